The van der Waals surface area contributed by atoms with Gasteiger partial charge in [-0.3, -0.25) is 4.79 Å². The monoisotopic (exact) mass is 173 g/mol. The van der Waals surface area contributed by atoms with Crippen LogP contribution in [0.5, 0.6) is 0 Å². The zero-order chi connectivity index (χ0) is 9.14. The molecule has 1 fully saturated rings. The van der Waals surface area contributed by atoms with Crippen LogP contribution in [-0.4, -0.2) is 47.3 Å². The number of hydrogen-bond acceptors (Lipinski definition) is 3. The molecule has 0 bridgehead atoms. The molecule has 0 aromatic heterocycles. The Hall–Kier alpha value is -0.610. The molecule has 1 rings (SSSR count). The maximum absolute atomic E-state index is 10.5. The number of nitrogens with zero attached hydrogens (tertiary/aromatic N) is 1. The van der Waals surface area contributed by atoms with Crippen molar-refractivity contribution in [1.29, 1.82) is 0 Å². The van der Waals surface area contributed by atoms with Gasteiger partial charge in [-0.05, 0) is 5.92 Å². The molecule has 0 spiro atoms. The fourth-order valence-electron chi connectivity index (χ4n) is 1.45. The van der Waals surface area contributed by atoms with Crippen LogP contribution in [0.15, 0.2) is 0 Å². The molecule has 1 atom stereocenters. The minimum absolute atomic E-state index is 0.161. The third kappa shape index (κ3) is 1.95. The van der Waals surface area contributed by atoms with Gasteiger partial charge in [-0.15, -0.1) is 0 Å². The van der Waals surface area contributed by atoms with Gasteiger partial charge in [-0.1, -0.05) is 6.92 Å². The van der Waals surface area contributed by atoms with Crippen molar-refractivity contribution in [3.63, 3.8) is 0 Å². The average molecular weight is 173 g/mol. The van der Waals surface area contributed by atoms with E-state index in [-0.39, 0.29) is 18.4 Å². The highest BCUT2D eigenvalue weighted by Gasteiger charge is 2.33. The number of aliphatic hydroxyl groups excluding tert-OH is 1. The second-order valence-corrected chi connectivity index (χ2v) is 3.37. The van der Waals surface area contributed by atoms with Crippen molar-refractivity contribution < 1.29 is 15.0 Å². The lowest BCUT2D eigenvalue weighted by molar-refractivity contribution is -0.145. The lowest BCUT2D eigenvalue weighted by Gasteiger charge is -2.40. The van der Waals surface area contributed by atoms with Crippen molar-refractivity contribution in [3.8, 4) is 0 Å². The summed E-state index contributed by atoms with van der Waals surface area (Å²) in [7, 11) is 0. The van der Waals surface area contributed by atoms with E-state index in [1.165, 1.54) is 0 Å². The van der Waals surface area contributed by atoms with E-state index in [0.717, 1.165) is 13.1 Å². The Morgan fingerprint density at radius 1 is 1.67 bits per heavy atom. The first kappa shape index (κ1) is 9.48. The van der Waals surface area contributed by atoms with E-state index in [9.17, 15) is 4.79 Å². The van der Waals surface area contributed by atoms with Gasteiger partial charge >= 0.3 is 5.97 Å². The molecule has 0 aliphatic carbocycles. The summed E-state index contributed by atoms with van der Waals surface area (Å²) in [5.41, 5.74) is 0. The minimum Gasteiger partial charge on any atom is -0.481 e. The fourth-order valence-corrected chi connectivity index (χ4v) is 1.45. The average Bonchev–Trinajstić information content (AvgIpc) is 1.94. The van der Waals surface area contributed by atoms with Crippen LogP contribution in [-0.2, 0) is 4.79 Å². The standard InChI is InChI=1S/C8H15NO3/c1-6(8(11)12)7-4-9(5-7)2-3-10/h6-7,10H,2-5H2,1H3,(H,11,12). The normalized spacial score (nSPS) is 21.8. The van der Waals surface area contributed by atoms with Crippen molar-refractivity contribution in [1.82, 2.24) is 4.90 Å². The van der Waals surface area contributed by atoms with Crippen LogP contribution in [0.2, 0.25) is 0 Å². The van der Waals surface area contributed by atoms with Gasteiger partial charge in [0.15, 0.2) is 0 Å². The highest BCUT2D eigenvalue weighted by molar-refractivity contribution is 5.70. The number of hydrogen-bond donors (Lipinski definition) is 2. The van der Waals surface area contributed by atoms with Crippen LogP contribution in [0.3, 0.4) is 0 Å². The molecular weight excluding hydrogens is 158 g/mol. The summed E-state index contributed by atoms with van der Waals surface area (Å²) >= 11 is 0. The third-order valence-electron chi connectivity index (χ3n) is 2.50. The van der Waals surface area contributed by atoms with Crippen molar-refractivity contribution in [2.75, 3.05) is 26.2 Å². The molecule has 1 aliphatic heterocycles. The summed E-state index contributed by atoms with van der Waals surface area (Å²) in [6.45, 7) is 4.20. The highest BCUT2D eigenvalue weighted by atomic mass is 16.4. The molecule has 70 valence electrons. The Balaban J connectivity index is 2.20. The summed E-state index contributed by atoms with van der Waals surface area (Å²) in [6.07, 6.45) is 0. The number of aliphatic carboxylic acids is 1. The number of β-amino-alcohol motifs (C(OH)–C–C–N with tert-alkyl or cyclic N) is 1. The Morgan fingerprint density at radius 2 is 2.25 bits per heavy atom. The van der Waals surface area contributed by atoms with Gasteiger partial charge < -0.3 is 15.1 Å². The first-order valence-corrected chi connectivity index (χ1v) is 4.21. The molecular formula is C8H15NO3. The molecule has 1 saturated heterocycles. The molecule has 0 aromatic rings. The van der Waals surface area contributed by atoms with Gasteiger partial charge in [0.05, 0.1) is 12.5 Å². The van der Waals surface area contributed by atoms with Crippen LogP contribution in [0.25, 0.3) is 0 Å². The third-order valence-corrected chi connectivity index (χ3v) is 2.50. The second kappa shape index (κ2) is 3.87. The van der Waals surface area contributed by atoms with E-state index in [1.807, 2.05) is 0 Å². The van der Waals surface area contributed by atoms with Gasteiger partial charge in [-0.2, -0.15) is 0 Å². The molecule has 0 amide bonds. The molecule has 1 heterocycles. The summed E-state index contributed by atoms with van der Waals surface area (Å²) in [5.74, 6) is -0.697. The largest absolute Gasteiger partial charge is 0.481 e. The number of rotatable bonds is 4. The van der Waals surface area contributed by atoms with Crippen molar-refractivity contribution in [3.05, 3.63) is 0 Å². The Labute approximate surface area is 71.8 Å². The van der Waals surface area contributed by atoms with Gasteiger partial charge in [0.1, 0.15) is 0 Å². The van der Waals surface area contributed by atoms with E-state index in [0.29, 0.717) is 6.54 Å². The molecule has 2 N–H and O–H groups in total. The van der Waals surface area contributed by atoms with Gasteiger partial charge in [0.2, 0.25) is 0 Å². The molecule has 4 heteroatoms. The fraction of sp³-hybridized carbons (Fsp3) is 0.875. The molecule has 0 aromatic carbocycles. The van der Waals surface area contributed by atoms with Crippen LogP contribution in [0.4, 0.5) is 0 Å². The smallest absolute Gasteiger partial charge is 0.306 e. The maximum Gasteiger partial charge on any atom is 0.306 e. The van der Waals surface area contributed by atoms with E-state index in [2.05, 4.69) is 4.90 Å². The minimum atomic E-state index is -0.719. The maximum atomic E-state index is 10.5. The first-order valence-electron chi connectivity index (χ1n) is 4.21. The highest BCUT2D eigenvalue weighted by Crippen LogP contribution is 2.23. The first-order chi connectivity index (χ1) is 5.65. The Bertz CT molecular complexity index is 166. The van der Waals surface area contributed by atoms with Crippen LogP contribution in [0.1, 0.15) is 6.92 Å². The summed E-state index contributed by atoms with van der Waals surface area (Å²) in [4.78, 5) is 12.6. The van der Waals surface area contributed by atoms with Crippen molar-refractivity contribution in [2.45, 2.75) is 6.92 Å². The van der Waals surface area contributed by atoms with Gasteiger partial charge in [0, 0.05) is 19.6 Å². The Kier molecular flexibility index (Phi) is 3.05. The van der Waals surface area contributed by atoms with Crippen molar-refractivity contribution in [2.24, 2.45) is 11.8 Å². The molecule has 0 radical (unpaired) electrons. The van der Waals surface area contributed by atoms with E-state index in [1.54, 1.807) is 6.92 Å². The Morgan fingerprint density at radius 3 is 2.67 bits per heavy atom. The van der Waals surface area contributed by atoms with Gasteiger partial charge in [-0.25, -0.2) is 0 Å². The number of carboxylic acids is 1. The second-order valence-electron chi connectivity index (χ2n) is 3.37. The van der Waals surface area contributed by atoms with E-state index < -0.39 is 5.97 Å². The number of aliphatic hydroxyl groups is 1. The summed E-state index contributed by atoms with van der Waals surface area (Å²) in [5, 5.41) is 17.2. The molecule has 1 aliphatic rings. The number of likely N-dealkylation sites (tertiary alicyclic amines) is 1. The molecule has 0 saturated carbocycles. The lowest BCUT2D eigenvalue weighted by Crippen LogP contribution is -2.51. The van der Waals surface area contributed by atoms with Gasteiger partial charge in [0.25, 0.3) is 0 Å². The van der Waals surface area contributed by atoms with E-state index in [4.69, 9.17) is 10.2 Å². The molecule has 12 heavy (non-hydrogen) atoms. The summed E-state index contributed by atoms with van der Waals surface area (Å²) < 4.78 is 0. The van der Waals surface area contributed by atoms with Crippen LogP contribution in [0, 0.1) is 11.8 Å². The predicted octanol–water partition coefficient (Wildman–Crippen LogP) is -0.369. The topological polar surface area (TPSA) is 60.8 Å². The quantitative estimate of drug-likeness (QED) is 0.609. The van der Waals surface area contributed by atoms with E-state index >= 15 is 0 Å². The zero-order valence-corrected chi connectivity index (χ0v) is 7.23. The number of carbonyl (C=O) groups is 1. The number of carboxylic acid groups (broad SMARTS) is 1. The lowest BCUT2D eigenvalue weighted by atomic mass is 9.87. The molecule has 4 nitrogen and oxygen atoms in total. The SMILES string of the molecule is CC(C(=O)O)C1CN(CCO)C1. The van der Waals surface area contributed by atoms with Crippen molar-refractivity contribution >= 4 is 5.97 Å². The van der Waals surface area contributed by atoms with Crippen LogP contribution >= 0.6 is 0 Å². The summed E-state index contributed by atoms with van der Waals surface area (Å²) in [6, 6.07) is 0. The predicted molar refractivity (Wildman–Crippen MR) is 43.8 cm³/mol. The zero-order valence-electron chi connectivity index (χ0n) is 7.23. The van der Waals surface area contributed by atoms with Crippen LogP contribution < -0.4 is 0 Å². The molecule has 1 unspecified atom stereocenters.